The number of carbonyl (C=O) groups is 3. The van der Waals surface area contributed by atoms with Crippen LogP contribution in [-0.2, 0) is 9.59 Å². The Morgan fingerprint density at radius 2 is 1.52 bits per heavy atom. The number of hydrogen-bond donors (Lipinski definition) is 3. The van der Waals surface area contributed by atoms with E-state index in [1.54, 1.807) is 62.4 Å². The SMILES string of the molecule is CC[C@](C)(O)C(=O)O.C[C@H](C(=O)O)c1cccc(C(=O)c2ccccc2)c1. The first-order valence-electron chi connectivity index (χ1n) is 8.48. The number of hydrogen-bond acceptors (Lipinski definition) is 4. The number of carboxylic acid groups (broad SMARTS) is 2. The van der Waals surface area contributed by atoms with E-state index in [0.717, 1.165) is 0 Å². The molecule has 0 aliphatic rings. The number of carbonyl (C=O) groups excluding carboxylic acids is 1. The number of rotatable bonds is 6. The first-order chi connectivity index (χ1) is 12.6. The molecule has 2 aromatic carbocycles. The second-order valence-electron chi connectivity index (χ2n) is 6.31. The molecule has 0 unspecified atom stereocenters. The lowest BCUT2D eigenvalue weighted by atomic mass is 9.96. The van der Waals surface area contributed by atoms with Crippen LogP contribution in [0.5, 0.6) is 0 Å². The molecule has 2 aromatic rings. The van der Waals surface area contributed by atoms with Crippen molar-refractivity contribution >= 4 is 17.7 Å². The Labute approximate surface area is 158 Å². The third-order valence-corrected chi connectivity index (χ3v) is 4.20. The third kappa shape index (κ3) is 6.34. The molecule has 3 N–H and O–H groups in total. The number of carboxylic acids is 2. The van der Waals surface area contributed by atoms with Gasteiger partial charge in [0.15, 0.2) is 11.4 Å². The van der Waals surface area contributed by atoms with E-state index in [1.165, 1.54) is 6.92 Å². The minimum Gasteiger partial charge on any atom is -0.481 e. The van der Waals surface area contributed by atoms with Crippen LogP contribution in [0.4, 0.5) is 0 Å². The van der Waals surface area contributed by atoms with Crippen LogP contribution in [0.15, 0.2) is 54.6 Å². The highest BCUT2D eigenvalue weighted by atomic mass is 16.4. The lowest BCUT2D eigenvalue weighted by Gasteiger charge is -2.13. The van der Waals surface area contributed by atoms with Crippen LogP contribution in [0.3, 0.4) is 0 Å². The summed E-state index contributed by atoms with van der Waals surface area (Å²) >= 11 is 0. The quantitative estimate of drug-likeness (QED) is 0.671. The fraction of sp³-hybridized carbons (Fsp3) is 0.286. The molecule has 2 atom stereocenters. The fourth-order valence-electron chi connectivity index (χ4n) is 2.00. The van der Waals surface area contributed by atoms with Crippen LogP contribution in [0.25, 0.3) is 0 Å². The molecule has 0 heterocycles. The van der Waals surface area contributed by atoms with Crippen molar-refractivity contribution in [1.29, 1.82) is 0 Å². The predicted molar refractivity (Wildman–Crippen MR) is 101 cm³/mol. The van der Waals surface area contributed by atoms with Gasteiger partial charge < -0.3 is 15.3 Å². The van der Waals surface area contributed by atoms with E-state index in [2.05, 4.69) is 0 Å². The van der Waals surface area contributed by atoms with Gasteiger partial charge in [0.05, 0.1) is 5.92 Å². The molecule has 0 fully saturated rings. The van der Waals surface area contributed by atoms with Crippen molar-refractivity contribution in [1.82, 2.24) is 0 Å². The van der Waals surface area contributed by atoms with Gasteiger partial charge in [0, 0.05) is 11.1 Å². The normalized spacial score (nSPS) is 13.5. The average molecular weight is 372 g/mol. The van der Waals surface area contributed by atoms with Gasteiger partial charge in [-0.25, -0.2) is 4.79 Å². The van der Waals surface area contributed by atoms with E-state index in [1.807, 2.05) is 6.07 Å². The maximum absolute atomic E-state index is 12.2. The average Bonchev–Trinajstić information content (AvgIpc) is 2.67. The first kappa shape index (κ1) is 22.1. The van der Waals surface area contributed by atoms with E-state index in [-0.39, 0.29) is 12.2 Å². The van der Waals surface area contributed by atoms with E-state index >= 15 is 0 Å². The summed E-state index contributed by atoms with van der Waals surface area (Å²) in [4.78, 5) is 33.2. The summed E-state index contributed by atoms with van der Waals surface area (Å²) in [5, 5.41) is 26.0. The molecule has 2 rings (SSSR count). The monoisotopic (exact) mass is 372 g/mol. The van der Waals surface area contributed by atoms with Crippen LogP contribution in [0, 0.1) is 0 Å². The summed E-state index contributed by atoms with van der Waals surface area (Å²) < 4.78 is 0. The van der Waals surface area contributed by atoms with E-state index in [9.17, 15) is 14.4 Å². The van der Waals surface area contributed by atoms with Crippen LogP contribution in [0.2, 0.25) is 0 Å². The highest BCUT2D eigenvalue weighted by molar-refractivity contribution is 6.09. The first-order valence-corrected chi connectivity index (χ1v) is 8.48. The Bertz CT molecular complexity index is 795. The molecule has 0 aliphatic carbocycles. The van der Waals surface area contributed by atoms with Crippen LogP contribution >= 0.6 is 0 Å². The summed E-state index contributed by atoms with van der Waals surface area (Å²) in [6, 6.07) is 15.7. The standard InChI is InChI=1S/C16H14O3.C5H10O3/c1-11(16(18)19)13-8-5-9-14(10-13)15(17)12-6-3-2-4-7-12;1-3-5(2,8)4(6)7/h2-11H,1H3,(H,18,19);8H,3H2,1-2H3,(H,6,7)/t11-;5-/m00/s1. The van der Waals surface area contributed by atoms with E-state index in [4.69, 9.17) is 15.3 Å². The Kier molecular flexibility index (Phi) is 7.87. The molecule has 0 amide bonds. The molecule has 0 aromatic heterocycles. The number of aliphatic carboxylic acids is 2. The zero-order valence-corrected chi connectivity index (χ0v) is 15.5. The smallest absolute Gasteiger partial charge is 0.335 e. The Morgan fingerprint density at radius 3 is 1.96 bits per heavy atom. The lowest BCUT2D eigenvalue weighted by Crippen LogP contribution is -2.33. The van der Waals surface area contributed by atoms with Gasteiger partial charge in [0.1, 0.15) is 0 Å². The zero-order valence-electron chi connectivity index (χ0n) is 15.5. The molecule has 0 saturated heterocycles. The minimum atomic E-state index is -1.54. The van der Waals surface area contributed by atoms with Crippen molar-refractivity contribution in [2.75, 3.05) is 0 Å². The molecule has 144 valence electrons. The topological polar surface area (TPSA) is 112 Å². The van der Waals surface area contributed by atoms with Gasteiger partial charge in [-0.15, -0.1) is 0 Å². The van der Waals surface area contributed by atoms with Crippen LogP contribution < -0.4 is 0 Å². The summed E-state index contributed by atoms with van der Waals surface area (Å²) in [5.41, 5.74) is 0.203. The molecular weight excluding hydrogens is 348 g/mol. The van der Waals surface area contributed by atoms with Gasteiger partial charge in [0.2, 0.25) is 0 Å². The third-order valence-electron chi connectivity index (χ3n) is 4.20. The van der Waals surface area contributed by atoms with Gasteiger partial charge in [-0.3, -0.25) is 9.59 Å². The molecular formula is C21H24O6. The van der Waals surface area contributed by atoms with Crippen LogP contribution in [-0.4, -0.2) is 38.6 Å². The number of benzene rings is 2. The van der Waals surface area contributed by atoms with Gasteiger partial charge >= 0.3 is 11.9 Å². The van der Waals surface area contributed by atoms with Gasteiger partial charge in [0.25, 0.3) is 0 Å². The van der Waals surface area contributed by atoms with Crippen LogP contribution in [0.1, 0.15) is 54.6 Å². The largest absolute Gasteiger partial charge is 0.481 e. The summed E-state index contributed by atoms with van der Waals surface area (Å²) in [6.45, 7) is 4.50. The minimum absolute atomic E-state index is 0.0972. The molecule has 6 nitrogen and oxygen atoms in total. The van der Waals surface area contributed by atoms with E-state index in [0.29, 0.717) is 16.7 Å². The summed E-state index contributed by atoms with van der Waals surface area (Å²) in [7, 11) is 0. The second kappa shape index (κ2) is 9.64. The molecule has 0 aliphatic heterocycles. The van der Waals surface area contributed by atoms with Crippen molar-refractivity contribution in [3.8, 4) is 0 Å². The zero-order chi connectivity index (χ0) is 20.6. The molecule has 27 heavy (non-hydrogen) atoms. The van der Waals surface area contributed by atoms with Crippen molar-refractivity contribution in [2.45, 2.75) is 38.7 Å². The summed E-state index contributed by atoms with van der Waals surface area (Å²) in [5.74, 6) is -2.78. The lowest BCUT2D eigenvalue weighted by molar-refractivity contribution is -0.156. The van der Waals surface area contributed by atoms with Crippen molar-refractivity contribution in [2.24, 2.45) is 0 Å². The molecule has 0 bridgehead atoms. The molecule has 0 saturated carbocycles. The van der Waals surface area contributed by atoms with Crippen molar-refractivity contribution in [3.05, 3.63) is 71.3 Å². The maximum atomic E-state index is 12.2. The van der Waals surface area contributed by atoms with Gasteiger partial charge in [-0.05, 0) is 31.9 Å². The molecule has 0 spiro atoms. The Balaban J connectivity index is 0.000000387. The highest BCUT2D eigenvalue weighted by Crippen LogP contribution is 2.18. The number of aliphatic hydroxyl groups is 1. The van der Waals surface area contributed by atoms with Crippen molar-refractivity contribution in [3.63, 3.8) is 0 Å². The number of ketones is 1. The van der Waals surface area contributed by atoms with Crippen molar-refractivity contribution < 1.29 is 29.7 Å². The maximum Gasteiger partial charge on any atom is 0.335 e. The Hall–Kier alpha value is -2.99. The van der Waals surface area contributed by atoms with E-state index < -0.39 is 23.5 Å². The fourth-order valence-corrected chi connectivity index (χ4v) is 2.00. The molecule has 0 radical (unpaired) electrons. The Morgan fingerprint density at radius 1 is 0.963 bits per heavy atom. The molecule has 6 heteroatoms. The predicted octanol–water partition coefficient (Wildman–Crippen LogP) is 3.34. The second-order valence-corrected chi connectivity index (χ2v) is 6.31. The van der Waals surface area contributed by atoms with Gasteiger partial charge in [-0.1, -0.05) is 55.5 Å². The highest BCUT2D eigenvalue weighted by Gasteiger charge is 2.26. The summed E-state index contributed by atoms with van der Waals surface area (Å²) in [6.07, 6.45) is 0.238. The van der Waals surface area contributed by atoms with Gasteiger partial charge in [-0.2, -0.15) is 0 Å².